The van der Waals surface area contributed by atoms with Gasteiger partial charge in [-0.05, 0) is 86.7 Å². The minimum atomic E-state index is -3.51. The van der Waals surface area contributed by atoms with Crippen molar-refractivity contribution in [1.82, 2.24) is 14.6 Å². The maximum Gasteiger partial charge on any atom is 0.240 e. The van der Waals surface area contributed by atoms with E-state index in [4.69, 9.17) is 4.74 Å². The molecule has 3 rings (SSSR count). The Morgan fingerprint density at radius 2 is 1.90 bits per heavy atom. The molecule has 1 aromatic carbocycles. The molecule has 2 aromatic rings. The van der Waals surface area contributed by atoms with Gasteiger partial charge in [-0.2, -0.15) is 0 Å². The van der Waals surface area contributed by atoms with Crippen LogP contribution in [0.5, 0.6) is 5.75 Å². The van der Waals surface area contributed by atoms with Crippen molar-refractivity contribution in [3.05, 3.63) is 53.9 Å². The Morgan fingerprint density at radius 3 is 2.55 bits per heavy atom. The lowest BCUT2D eigenvalue weighted by molar-refractivity contribution is 0.178. The number of rotatable bonds is 9. The van der Waals surface area contributed by atoms with Crippen molar-refractivity contribution in [2.24, 2.45) is 5.92 Å². The first-order valence-corrected chi connectivity index (χ1v) is 11.8. The fraction of sp³-hybridized carbons (Fsp3) is 0.500. The van der Waals surface area contributed by atoms with Gasteiger partial charge in [0.2, 0.25) is 10.0 Å². The smallest absolute Gasteiger partial charge is 0.240 e. The van der Waals surface area contributed by atoms with E-state index in [0.717, 1.165) is 50.2 Å². The molecule has 0 spiro atoms. The minimum absolute atomic E-state index is 0.300. The van der Waals surface area contributed by atoms with Gasteiger partial charge < -0.3 is 4.74 Å². The number of likely N-dealkylation sites (tertiary alicyclic amines) is 1. The van der Waals surface area contributed by atoms with Gasteiger partial charge in [0.1, 0.15) is 5.75 Å². The topological polar surface area (TPSA) is 71.5 Å². The third-order valence-electron chi connectivity index (χ3n) is 5.34. The van der Waals surface area contributed by atoms with Crippen molar-refractivity contribution >= 4 is 10.0 Å². The maximum absolute atomic E-state index is 12.7. The highest BCUT2D eigenvalue weighted by atomic mass is 32.2. The van der Waals surface area contributed by atoms with Gasteiger partial charge in [-0.3, -0.25) is 9.88 Å². The molecule has 6 nitrogen and oxygen atoms in total. The standard InChI is InChI=1S/C22H31N3O3S/c1-3-14-28-22-5-4-21(15-18(22)2)29(26,27)24-16-19-8-12-25(13-9-19)17-20-6-10-23-11-7-20/h4-7,10-11,15,19,24H,3,8-9,12-14,16-17H2,1-2H3. The number of benzene rings is 1. The molecule has 1 aliphatic heterocycles. The Kier molecular flexibility index (Phi) is 7.64. The Hall–Kier alpha value is -1.96. The molecule has 2 heterocycles. The summed E-state index contributed by atoms with van der Waals surface area (Å²) in [6.45, 7) is 7.93. The zero-order valence-electron chi connectivity index (χ0n) is 17.3. The molecule has 1 N–H and O–H groups in total. The number of pyridine rings is 1. The van der Waals surface area contributed by atoms with Crippen molar-refractivity contribution in [1.29, 1.82) is 0 Å². The predicted molar refractivity (Wildman–Crippen MR) is 114 cm³/mol. The third kappa shape index (κ3) is 6.26. The van der Waals surface area contributed by atoms with Crippen LogP contribution in [0.3, 0.4) is 0 Å². The van der Waals surface area contributed by atoms with Crippen molar-refractivity contribution in [3.63, 3.8) is 0 Å². The quantitative estimate of drug-likeness (QED) is 0.677. The lowest BCUT2D eigenvalue weighted by Crippen LogP contribution is -2.38. The molecular weight excluding hydrogens is 386 g/mol. The Morgan fingerprint density at radius 1 is 1.17 bits per heavy atom. The minimum Gasteiger partial charge on any atom is -0.493 e. The number of hydrogen-bond donors (Lipinski definition) is 1. The van der Waals surface area contributed by atoms with Crippen LogP contribution in [0.4, 0.5) is 0 Å². The fourth-order valence-electron chi connectivity index (χ4n) is 3.57. The first-order chi connectivity index (χ1) is 14.0. The van der Waals surface area contributed by atoms with E-state index in [1.165, 1.54) is 5.56 Å². The first kappa shape index (κ1) is 21.7. The van der Waals surface area contributed by atoms with E-state index in [0.29, 0.717) is 24.0 Å². The highest BCUT2D eigenvalue weighted by molar-refractivity contribution is 7.89. The SMILES string of the molecule is CCCOc1ccc(S(=O)(=O)NCC2CCN(Cc3ccncc3)CC2)cc1C. The van der Waals surface area contributed by atoms with E-state index in [1.54, 1.807) is 18.2 Å². The molecule has 29 heavy (non-hydrogen) atoms. The number of sulfonamides is 1. The molecule has 0 bridgehead atoms. The van der Waals surface area contributed by atoms with Gasteiger partial charge >= 0.3 is 0 Å². The van der Waals surface area contributed by atoms with E-state index in [9.17, 15) is 8.42 Å². The number of aromatic nitrogens is 1. The van der Waals surface area contributed by atoms with Gasteiger partial charge in [0, 0.05) is 25.5 Å². The van der Waals surface area contributed by atoms with Crippen molar-refractivity contribution < 1.29 is 13.2 Å². The lowest BCUT2D eigenvalue weighted by atomic mass is 9.97. The van der Waals surface area contributed by atoms with Crippen LogP contribution < -0.4 is 9.46 Å². The molecule has 0 amide bonds. The van der Waals surface area contributed by atoms with Crippen LogP contribution in [-0.2, 0) is 16.6 Å². The summed E-state index contributed by atoms with van der Waals surface area (Å²) in [4.78, 5) is 6.77. The largest absolute Gasteiger partial charge is 0.493 e. The average molecular weight is 418 g/mol. The molecule has 1 aromatic heterocycles. The van der Waals surface area contributed by atoms with Crippen LogP contribution in [0.2, 0.25) is 0 Å². The molecule has 0 atom stereocenters. The van der Waals surface area contributed by atoms with Crippen LogP contribution in [0.1, 0.15) is 37.3 Å². The van der Waals surface area contributed by atoms with Gasteiger partial charge in [0.25, 0.3) is 0 Å². The second kappa shape index (κ2) is 10.2. The van der Waals surface area contributed by atoms with Gasteiger partial charge in [0.15, 0.2) is 0 Å². The molecule has 158 valence electrons. The lowest BCUT2D eigenvalue weighted by Gasteiger charge is -2.32. The van der Waals surface area contributed by atoms with E-state index < -0.39 is 10.0 Å². The summed E-state index contributed by atoms with van der Waals surface area (Å²) >= 11 is 0. The number of ether oxygens (including phenoxy) is 1. The van der Waals surface area contributed by atoms with Gasteiger partial charge in [-0.15, -0.1) is 0 Å². The van der Waals surface area contributed by atoms with Crippen LogP contribution in [0.15, 0.2) is 47.6 Å². The summed E-state index contributed by atoms with van der Waals surface area (Å²) in [5, 5.41) is 0. The highest BCUT2D eigenvalue weighted by Crippen LogP contribution is 2.23. The molecule has 0 aliphatic carbocycles. The zero-order valence-corrected chi connectivity index (χ0v) is 18.1. The third-order valence-corrected chi connectivity index (χ3v) is 6.76. The summed E-state index contributed by atoms with van der Waals surface area (Å²) in [6, 6.07) is 9.14. The fourth-order valence-corrected chi connectivity index (χ4v) is 4.77. The molecule has 1 aliphatic rings. The second-order valence-corrected chi connectivity index (χ2v) is 9.47. The summed E-state index contributed by atoms with van der Waals surface area (Å²) < 4.78 is 33.8. The Labute approximate surface area is 174 Å². The van der Waals surface area contributed by atoms with Gasteiger partial charge in [-0.25, -0.2) is 13.1 Å². The number of hydrogen-bond acceptors (Lipinski definition) is 5. The van der Waals surface area contributed by atoms with Crippen molar-refractivity contribution in [3.8, 4) is 5.75 Å². The normalized spacial score (nSPS) is 16.1. The average Bonchev–Trinajstić information content (AvgIpc) is 2.73. The number of nitrogens with zero attached hydrogens (tertiary/aromatic N) is 2. The second-order valence-electron chi connectivity index (χ2n) is 7.70. The monoisotopic (exact) mass is 417 g/mol. The Bertz CT molecular complexity index is 879. The van der Waals surface area contributed by atoms with Crippen molar-refractivity contribution in [2.75, 3.05) is 26.2 Å². The molecule has 0 saturated carbocycles. The predicted octanol–water partition coefficient (Wildman–Crippen LogP) is 3.37. The van der Waals surface area contributed by atoms with E-state index in [2.05, 4.69) is 14.6 Å². The number of aryl methyl sites for hydroxylation is 1. The number of piperidine rings is 1. The summed E-state index contributed by atoms with van der Waals surface area (Å²) in [6.07, 6.45) is 6.55. The molecule has 7 heteroatoms. The highest BCUT2D eigenvalue weighted by Gasteiger charge is 2.22. The van der Waals surface area contributed by atoms with Gasteiger partial charge in [-0.1, -0.05) is 6.92 Å². The van der Waals surface area contributed by atoms with E-state index in [1.807, 2.05) is 38.4 Å². The molecule has 0 unspecified atom stereocenters. The maximum atomic E-state index is 12.7. The van der Waals surface area contributed by atoms with Gasteiger partial charge in [0.05, 0.1) is 11.5 Å². The number of nitrogens with one attached hydrogen (secondary N) is 1. The first-order valence-electron chi connectivity index (χ1n) is 10.3. The molecular formula is C22H31N3O3S. The molecule has 1 saturated heterocycles. The molecule has 1 fully saturated rings. The van der Waals surface area contributed by atoms with Crippen LogP contribution >= 0.6 is 0 Å². The Balaban J connectivity index is 1.49. The van der Waals surface area contributed by atoms with E-state index in [-0.39, 0.29) is 0 Å². The zero-order chi connectivity index (χ0) is 20.7. The van der Waals surface area contributed by atoms with E-state index >= 15 is 0 Å². The summed E-state index contributed by atoms with van der Waals surface area (Å²) in [7, 11) is -3.51. The van der Waals surface area contributed by atoms with Crippen molar-refractivity contribution in [2.45, 2.75) is 44.6 Å². The van der Waals surface area contributed by atoms with Crippen LogP contribution in [0, 0.1) is 12.8 Å². The van der Waals surface area contributed by atoms with Crippen LogP contribution in [-0.4, -0.2) is 44.5 Å². The van der Waals surface area contributed by atoms with Crippen LogP contribution in [0.25, 0.3) is 0 Å². The summed E-state index contributed by atoms with van der Waals surface area (Å²) in [5.41, 5.74) is 2.10. The molecule has 0 radical (unpaired) electrons. The summed E-state index contributed by atoms with van der Waals surface area (Å²) in [5.74, 6) is 1.11.